The highest BCUT2D eigenvalue weighted by molar-refractivity contribution is 5.76. The average molecular weight is 322 g/mol. The molecule has 2 aliphatic rings. The first-order valence-electron chi connectivity index (χ1n) is 8.43. The van der Waals surface area contributed by atoms with E-state index in [4.69, 9.17) is 9.26 Å². The first kappa shape index (κ1) is 16.4. The second-order valence-electron chi connectivity index (χ2n) is 6.29. The van der Waals surface area contributed by atoms with Gasteiger partial charge in [0.05, 0.1) is 18.9 Å². The van der Waals surface area contributed by atoms with Crippen molar-refractivity contribution >= 4 is 5.91 Å². The Balaban J connectivity index is 1.35. The summed E-state index contributed by atoms with van der Waals surface area (Å²) in [6.45, 7) is 10.5. The molecule has 2 aliphatic heterocycles. The number of carbonyl (C=O) groups is 1. The second kappa shape index (κ2) is 7.90. The lowest BCUT2D eigenvalue weighted by atomic mass is 10.2. The zero-order valence-corrected chi connectivity index (χ0v) is 13.9. The minimum absolute atomic E-state index is 0.258. The first-order valence-corrected chi connectivity index (χ1v) is 8.43. The minimum Gasteiger partial charge on any atom is -0.378 e. The van der Waals surface area contributed by atoms with E-state index in [2.05, 4.69) is 15.0 Å². The van der Waals surface area contributed by atoms with Crippen LogP contribution in [0.15, 0.2) is 10.6 Å². The summed E-state index contributed by atoms with van der Waals surface area (Å²) >= 11 is 0. The Morgan fingerprint density at radius 2 is 1.83 bits per heavy atom. The van der Waals surface area contributed by atoms with Gasteiger partial charge in [-0.15, -0.1) is 0 Å². The van der Waals surface area contributed by atoms with E-state index in [1.54, 1.807) is 0 Å². The third kappa shape index (κ3) is 4.76. The zero-order valence-electron chi connectivity index (χ0n) is 13.9. The van der Waals surface area contributed by atoms with Crippen molar-refractivity contribution in [3.63, 3.8) is 0 Å². The number of aryl methyl sites for hydroxylation is 1. The number of aromatic nitrogens is 1. The molecular formula is C16H26N4O3. The summed E-state index contributed by atoms with van der Waals surface area (Å²) in [4.78, 5) is 18.9. The van der Waals surface area contributed by atoms with Gasteiger partial charge in [-0.1, -0.05) is 5.16 Å². The van der Waals surface area contributed by atoms with Crippen molar-refractivity contribution in [3.05, 3.63) is 17.5 Å². The van der Waals surface area contributed by atoms with Gasteiger partial charge in [0.2, 0.25) is 5.91 Å². The second-order valence-corrected chi connectivity index (χ2v) is 6.29. The summed E-state index contributed by atoms with van der Waals surface area (Å²) in [7, 11) is 0. The largest absolute Gasteiger partial charge is 0.378 e. The number of piperazine rings is 1. The molecule has 0 aromatic carbocycles. The molecule has 2 saturated heterocycles. The summed E-state index contributed by atoms with van der Waals surface area (Å²) in [6.07, 6.45) is 0.614. The number of rotatable bonds is 5. The maximum atomic E-state index is 12.2. The fourth-order valence-electron chi connectivity index (χ4n) is 3.12. The summed E-state index contributed by atoms with van der Waals surface area (Å²) in [5.41, 5.74) is 0.999. The molecule has 3 rings (SSSR count). The number of hydrogen-bond donors (Lipinski definition) is 0. The number of ether oxygens (including phenoxy) is 1. The van der Waals surface area contributed by atoms with Gasteiger partial charge in [-0.2, -0.15) is 0 Å². The van der Waals surface area contributed by atoms with E-state index in [1.807, 2.05) is 17.9 Å². The van der Waals surface area contributed by atoms with Crippen LogP contribution in [0.25, 0.3) is 0 Å². The van der Waals surface area contributed by atoms with Crippen LogP contribution in [-0.2, 0) is 16.1 Å². The summed E-state index contributed by atoms with van der Waals surface area (Å²) in [5.74, 6) is 1.12. The van der Waals surface area contributed by atoms with Gasteiger partial charge in [-0.3, -0.25) is 9.69 Å². The number of carbonyl (C=O) groups excluding carboxylic acids is 1. The van der Waals surface area contributed by atoms with E-state index in [1.165, 1.54) is 0 Å². The third-order valence-corrected chi connectivity index (χ3v) is 4.53. The van der Waals surface area contributed by atoms with Crippen LogP contribution in [0.2, 0.25) is 0 Å². The van der Waals surface area contributed by atoms with Crippen LogP contribution in [0.3, 0.4) is 0 Å². The van der Waals surface area contributed by atoms with Crippen LogP contribution in [0, 0.1) is 6.92 Å². The monoisotopic (exact) mass is 322 g/mol. The normalized spacial score (nSPS) is 20.8. The first-order chi connectivity index (χ1) is 11.2. The van der Waals surface area contributed by atoms with Crippen LogP contribution < -0.4 is 0 Å². The van der Waals surface area contributed by atoms with E-state index in [-0.39, 0.29) is 5.91 Å². The highest BCUT2D eigenvalue weighted by Gasteiger charge is 2.21. The molecule has 23 heavy (non-hydrogen) atoms. The molecule has 0 radical (unpaired) electrons. The fraction of sp³-hybridized carbons (Fsp3) is 0.750. The smallest absolute Gasteiger partial charge is 0.224 e. The fourth-order valence-corrected chi connectivity index (χ4v) is 3.12. The Hall–Kier alpha value is -1.44. The van der Waals surface area contributed by atoms with Crippen LogP contribution in [0.4, 0.5) is 0 Å². The molecule has 0 spiro atoms. The summed E-state index contributed by atoms with van der Waals surface area (Å²) in [6, 6.07) is 1.99. The van der Waals surface area contributed by atoms with Crippen LogP contribution in [-0.4, -0.2) is 84.8 Å². The van der Waals surface area contributed by atoms with Gasteiger partial charge < -0.3 is 19.1 Å². The Morgan fingerprint density at radius 1 is 1.13 bits per heavy atom. The Kier molecular flexibility index (Phi) is 5.64. The van der Waals surface area contributed by atoms with Gasteiger partial charge >= 0.3 is 0 Å². The van der Waals surface area contributed by atoms with Crippen molar-refractivity contribution in [1.82, 2.24) is 19.9 Å². The average Bonchev–Trinajstić information content (AvgIpc) is 2.99. The zero-order chi connectivity index (χ0) is 16.1. The standard InChI is InChI=1S/C16H26N4O3/c1-14-12-15(17-23-14)13-19-6-4-18(5-7-19)3-2-16(21)20-8-10-22-11-9-20/h12H,2-11,13H2,1H3. The third-order valence-electron chi connectivity index (χ3n) is 4.53. The van der Waals surface area contributed by atoms with E-state index in [9.17, 15) is 4.79 Å². The van der Waals surface area contributed by atoms with Crippen LogP contribution in [0.5, 0.6) is 0 Å². The van der Waals surface area contributed by atoms with Gasteiger partial charge in [0.1, 0.15) is 5.76 Å². The highest BCUT2D eigenvalue weighted by atomic mass is 16.5. The van der Waals surface area contributed by atoms with Crippen molar-refractivity contribution < 1.29 is 14.1 Å². The van der Waals surface area contributed by atoms with Crippen molar-refractivity contribution in [2.75, 3.05) is 59.0 Å². The molecule has 0 unspecified atom stereocenters. The molecule has 0 N–H and O–H groups in total. The molecule has 7 nitrogen and oxygen atoms in total. The van der Waals surface area contributed by atoms with Gasteiger partial charge in [-0.25, -0.2) is 0 Å². The molecule has 1 aromatic heterocycles. The van der Waals surface area contributed by atoms with Crippen LogP contribution in [0.1, 0.15) is 17.9 Å². The number of hydrogen-bond acceptors (Lipinski definition) is 6. The predicted molar refractivity (Wildman–Crippen MR) is 85.0 cm³/mol. The van der Waals surface area contributed by atoms with E-state index in [0.29, 0.717) is 19.6 Å². The lowest BCUT2D eigenvalue weighted by molar-refractivity contribution is -0.135. The van der Waals surface area contributed by atoms with E-state index < -0.39 is 0 Å². The van der Waals surface area contributed by atoms with Gasteiger partial charge in [0.25, 0.3) is 0 Å². The van der Waals surface area contributed by atoms with Gasteiger partial charge in [0.15, 0.2) is 0 Å². The lowest BCUT2D eigenvalue weighted by Gasteiger charge is -2.34. The number of nitrogens with zero attached hydrogens (tertiary/aromatic N) is 4. The highest BCUT2D eigenvalue weighted by Crippen LogP contribution is 2.10. The van der Waals surface area contributed by atoms with Crippen molar-refractivity contribution in [2.45, 2.75) is 19.9 Å². The number of morpholine rings is 1. The van der Waals surface area contributed by atoms with Gasteiger partial charge in [0, 0.05) is 64.8 Å². The van der Waals surface area contributed by atoms with Gasteiger partial charge in [-0.05, 0) is 6.92 Å². The molecule has 128 valence electrons. The molecule has 0 saturated carbocycles. The Labute approximate surface area is 137 Å². The minimum atomic E-state index is 0.258. The molecule has 1 amide bonds. The summed E-state index contributed by atoms with van der Waals surface area (Å²) in [5, 5.41) is 4.05. The van der Waals surface area contributed by atoms with Crippen molar-refractivity contribution in [2.24, 2.45) is 0 Å². The molecule has 1 aromatic rings. The van der Waals surface area contributed by atoms with Crippen LogP contribution >= 0.6 is 0 Å². The maximum absolute atomic E-state index is 12.2. The molecular weight excluding hydrogens is 296 g/mol. The predicted octanol–water partition coefficient (Wildman–Crippen LogP) is 0.350. The Morgan fingerprint density at radius 3 is 2.48 bits per heavy atom. The van der Waals surface area contributed by atoms with Crippen molar-refractivity contribution in [1.29, 1.82) is 0 Å². The van der Waals surface area contributed by atoms with Crippen molar-refractivity contribution in [3.8, 4) is 0 Å². The topological polar surface area (TPSA) is 62.0 Å². The lowest BCUT2D eigenvalue weighted by Crippen LogP contribution is -2.47. The molecule has 7 heteroatoms. The quantitative estimate of drug-likeness (QED) is 0.779. The SMILES string of the molecule is Cc1cc(CN2CCN(CCC(=O)N3CCOCC3)CC2)no1. The molecule has 0 bridgehead atoms. The summed E-state index contributed by atoms with van der Waals surface area (Å²) < 4.78 is 10.4. The van der Waals surface area contributed by atoms with E-state index in [0.717, 1.165) is 63.8 Å². The molecule has 0 aliphatic carbocycles. The Bertz CT molecular complexity index is 505. The molecule has 0 atom stereocenters. The van der Waals surface area contributed by atoms with E-state index >= 15 is 0 Å². The molecule has 2 fully saturated rings. The molecule has 3 heterocycles. The maximum Gasteiger partial charge on any atom is 0.224 e. The number of amides is 1.